The van der Waals surface area contributed by atoms with Gasteiger partial charge in [0.15, 0.2) is 11.5 Å². The molecule has 1 spiro atoms. The smallest absolute Gasteiger partial charge is 0.267 e. The molecule has 1 saturated heterocycles. The van der Waals surface area contributed by atoms with Crippen molar-refractivity contribution in [2.24, 2.45) is 5.41 Å². The molecular weight excluding hydrogens is 450 g/mol. The third-order valence-electron chi connectivity index (χ3n) is 7.13. The first-order chi connectivity index (χ1) is 16.6. The Balaban J connectivity index is 1.51. The Morgan fingerprint density at radius 1 is 1.03 bits per heavy atom. The summed E-state index contributed by atoms with van der Waals surface area (Å²) in [7, 11) is 0. The molecule has 1 aliphatic carbocycles. The molecule has 8 nitrogen and oxygen atoms in total. The molecule has 0 bridgehead atoms. The predicted octanol–water partition coefficient (Wildman–Crippen LogP) is 4.44. The van der Waals surface area contributed by atoms with Gasteiger partial charge in [-0.05, 0) is 48.9 Å². The van der Waals surface area contributed by atoms with Crippen molar-refractivity contribution in [2.45, 2.75) is 25.3 Å². The highest BCUT2D eigenvalue weighted by atomic mass is 35.5. The number of rotatable bonds is 3. The summed E-state index contributed by atoms with van der Waals surface area (Å²) < 4.78 is 1.72. The van der Waals surface area contributed by atoms with Gasteiger partial charge in [-0.1, -0.05) is 35.9 Å². The quantitative estimate of drug-likeness (QED) is 0.420. The average Bonchev–Trinajstić information content (AvgIpc) is 3.25. The van der Waals surface area contributed by atoms with Gasteiger partial charge in [0.25, 0.3) is 5.56 Å². The minimum absolute atomic E-state index is 0.139. The molecule has 1 saturated carbocycles. The van der Waals surface area contributed by atoms with Crippen molar-refractivity contribution in [3.63, 3.8) is 0 Å². The number of imidazole rings is 1. The summed E-state index contributed by atoms with van der Waals surface area (Å²) >= 11 is 6.47. The average molecular weight is 470 g/mol. The fourth-order valence-electron chi connectivity index (χ4n) is 5.28. The van der Waals surface area contributed by atoms with E-state index in [0.717, 1.165) is 42.8 Å². The maximum Gasteiger partial charge on any atom is 0.267 e. The Labute approximate surface area is 199 Å². The molecule has 0 amide bonds. The third-order valence-corrected chi connectivity index (χ3v) is 7.44. The van der Waals surface area contributed by atoms with Crippen molar-refractivity contribution >= 4 is 39.5 Å². The highest BCUT2D eigenvalue weighted by Crippen LogP contribution is 2.59. The lowest BCUT2D eigenvalue weighted by atomic mass is 10.0. The fraction of sp³-hybridized carbons (Fsp3) is 0.240. The van der Waals surface area contributed by atoms with Crippen LogP contribution in [0.15, 0.2) is 66.0 Å². The minimum Gasteiger partial charge on any atom is -0.344 e. The van der Waals surface area contributed by atoms with Crippen LogP contribution >= 0.6 is 11.6 Å². The zero-order valence-corrected chi connectivity index (χ0v) is 18.9. The number of halogens is 1. The predicted molar refractivity (Wildman–Crippen MR) is 130 cm³/mol. The summed E-state index contributed by atoms with van der Waals surface area (Å²) in [6.45, 7) is 0.848. The second-order valence-electron chi connectivity index (χ2n) is 9.23. The van der Waals surface area contributed by atoms with E-state index in [1.165, 1.54) is 0 Å². The second-order valence-corrected chi connectivity index (χ2v) is 9.63. The molecule has 0 radical (unpaired) electrons. The van der Waals surface area contributed by atoms with Crippen molar-refractivity contribution in [3.8, 4) is 5.69 Å². The monoisotopic (exact) mass is 469 g/mol. The Morgan fingerprint density at radius 2 is 1.88 bits per heavy atom. The second kappa shape index (κ2) is 7.11. The maximum absolute atomic E-state index is 13.9. The van der Waals surface area contributed by atoms with Gasteiger partial charge in [0.05, 0.1) is 34.0 Å². The normalized spacial score (nSPS) is 18.9. The maximum atomic E-state index is 13.9. The summed E-state index contributed by atoms with van der Waals surface area (Å²) in [5, 5.41) is 0.837. The van der Waals surface area contributed by atoms with Crippen molar-refractivity contribution in [2.75, 3.05) is 11.4 Å². The molecule has 0 unspecified atom stereocenters. The minimum atomic E-state index is -0.164. The number of fused-ring (bicyclic) bond motifs is 2. The van der Waals surface area contributed by atoms with Gasteiger partial charge >= 0.3 is 0 Å². The van der Waals surface area contributed by atoms with Crippen molar-refractivity contribution in [1.29, 1.82) is 0 Å². The van der Waals surface area contributed by atoms with Gasteiger partial charge in [-0.2, -0.15) is 0 Å². The first-order valence-electron chi connectivity index (χ1n) is 11.3. The van der Waals surface area contributed by atoms with Crippen molar-refractivity contribution < 1.29 is 0 Å². The Kier molecular flexibility index (Phi) is 4.11. The van der Waals surface area contributed by atoms with Crippen LogP contribution in [0.4, 0.5) is 5.82 Å². The zero-order chi connectivity index (χ0) is 22.9. The molecule has 4 heterocycles. The summed E-state index contributed by atoms with van der Waals surface area (Å²) in [4.78, 5) is 37.7. The lowest BCUT2D eigenvalue weighted by Crippen LogP contribution is -2.32. The molecule has 7 rings (SSSR count). The molecule has 1 aliphatic heterocycles. The molecule has 2 aliphatic rings. The number of anilines is 1. The summed E-state index contributed by atoms with van der Waals surface area (Å²) in [6.07, 6.45) is 6.40. The topological polar surface area (TPSA) is 92.6 Å². The Morgan fingerprint density at radius 3 is 2.71 bits per heavy atom. The largest absolute Gasteiger partial charge is 0.344 e. The molecule has 168 valence electrons. The number of nitrogens with one attached hydrogen (secondary N) is 1. The van der Waals surface area contributed by atoms with E-state index < -0.39 is 0 Å². The number of hydrogen-bond acceptors (Lipinski definition) is 6. The van der Waals surface area contributed by atoms with E-state index in [9.17, 15) is 4.79 Å². The van der Waals surface area contributed by atoms with Crippen LogP contribution in [0.3, 0.4) is 0 Å². The van der Waals surface area contributed by atoms with E-state index >= 15 is 0 Å². The van der Waals surface area contributed by atoms with Crippen LogP contribution in [0.1, 0.15) is 31.1 Å². The number of aromatic nitrogens is 6. The van der Waals surface area contributed by atoms with E-state index in [4.69, 9.17) is 16.6 Å². The van der Waals surface area contributed by atoms with E-state index in [0.29, 0.717) is 27.4 Å². The van der Waals surface area contributed by atoms with Crippen LogP contribution in [0, 0.1) is 5.41 Å². The molecule has 2 fully saturated rings. The summed E-state index contributed by atoms with van der Waals surface area (Å²) in [5.41, 5.74) is 2.84. The first kappa shape index (κ1) is 19.7. The van der Waals surface area contributed by atoms with Crippen LogP contribution in [0.2, 0.25) is 5.02 Å². The lowest BCUT2D eigenvalue weighted by molar-refractivity contribution is 0.536. The lowest BCUT2D eigenvalue weighted by Gasteiger charge is -2.27. The molecule has 1 N–H and O–H groups in total. The van der Waals surface area contributed by atoms with Gasteiger partial charge in [-0.25, -0.2) is 19.9 Å². The van der Waals surface area contributed by atoms with Gasteiger partial charge in [0.2, 0.25) is 0 Å². The number of H-pyrrole nitrogens is 1. The highest BCUT2D eigenvalue weighted by Gasteiger charge is 2.54. The van der Waals surface area contributed by atoms with Crippen LogP contribution < -0.4 is 10.5 Å². The molecular formula is C25H20ClN7O. The van der Waals surface area contributed by atoms with E-state index in [1.807, 2.05) is 42.5 Å². The van der Waals surface area contributed by atoms with Gasteiger partial charge in [0, 0.05) is 6.54 Å². The number of benzene rings is 2. The van der Waals surface area contributed by atoms with Crippen LogP contribution in [0.5, 0.6) is 0 Å². The highest BCUT2D eigenvalue weighted by molar-refractivity contribution is 6.35. The molecule has 9 heteroatoms. The SMILES string of the molecule is O=c1c2c(Cl)cccc2nc([C@@H]2CC3(CC3)CN2c2ncnc3nc[nH]c23)n1-c1ccccc1. The van der Waals surface area contributed by atoms with E-state index in [1.54, 1.807) is 23.3 Å². The Bertz CT molecular complexity index is 1620. The number of aromatic amines is 1. The van der Waals surface area contributed by atoms with Crippen LogP contribution in [-0.2, 0) is 0 Å². The van der Waals surface area contributed by atoms with Crippen molar-refractivity contribution in [3.05, 3.63) is 82.4 Å². The molecule has 1 atom stereocenters. The number of para-hydroxylation sites is 1. The van der Waals surface area contributed by atoms with E-state index in [-0.39, 0.29) is 17.0 Å². The van der Waals surface area contributed by atoms with Crippen LogP contribution in [-0.4, -0.2) is 36.0 Å². The molecule has 3 aromatic heterocycles. The summed E-state index contributed by atoms with van der Waals surface area (Å²) in [5.74, 6) is 1.48. The Hall–Kier alpha value is -3.78. The van der Waals surface area contributed by atoms with Crippen molar-refractivity contribution in [1.82, 2.24) is 29.5 Å². The van der Waals surface area contributed by atoms with Gasteiger partial charge < -0.3 is 9.88 Å². The van der Waals surface area contributed by atoms with Gasteiger partial charge in [-0.3, -0.25) is 9.36 Å². The fourth-order valence-corrected chi connectivity index (χ4v) is 5.53. The van der Waals surface area contributed by atoms with Gasteiger partial charge in [0.1, 0.15) is 17.7 Å². The molecule has 34 heavy (non-hydrogen) atoms. The molecule has 5 aromatic rings. The number of nitrogens with zero attached hydrogens (tertiary/aromatic N) is 6. The number of hydrogen-bond donors (Lipinski definition) is 1. The van der Waals surface area contributed by atoms with Gasteiger partial charge in [-0.15, -0.1) is 0 Å². The molecule has 2 aromatic carbocycles. The van der Waals surface area contributed by atoms with E-state index in [2.05, 4.69) is 24.8 Å². The standard InChI is InChI=1S/C25H20ClN7O/c26-16-7-4-8-17-19(16)24(34)33(15-5-2-1-3-6-15)22(31-17)18-11-25(9-10-25)12-32(18)23-20-21(28-13-27-20)29-14-30-23/h1-8,13-14,18H,9-12H2,(H,27,28,29,30)/t18-/m0/s1. The van der Waals surface area contributed by atoms with Crippen LogP contribution in [0.25, 0.3) is 27.8 Å². The third kappa shape index (κ3) is 2.88. The zero-order valence-electron chi connectivity index (χ0n) is 18.1. The first-order valence-corrected chi connectivity index (χ1v) is 11.7. The summed E-state index contributed by atoms with van der Waals surface area (Å²) in [6, 6.07) is 14.9.